The molecule has 272 valence electrons. The zero-order chi connectivity index (χ0) is 37.0. The van der Waals surface area contributed by atoms with Gasteiger partial charge in [0.05, 0.1) is 0 Å². The van der Waals surface area contributed by atoms with Crippen LogP contribution < -0.4 is 15.1 Å². The van der Waals surface area contributed by atoms with Gasteiger partial charge in [0.25, 0.3) is 0 Å². The lowest BCUT2D eigenvalue weighted by atomic mass is 10.1. The summed E-state index contributed by atoms with van der Waals surface area (Å²) in [5.74, 6) is 1.73. The van der Waals surface area contributed by atoms with Crippen molar-refractivity contribution >= 4 is 39.3 Å². The molecule has 6 heterocycles. The van der Waals surface area contributed by atoms with Gasteiger partial charge in [-0.2, -0.15) is 0 Å². The highest BCUT2D eigenvalue weighted by Crippen LogP contribution is 2.33. The Kier molecular flexibility index (Phi) is 10.4. The highest BCUT2D eigenvalue weighted by atomic mass is 16.6. The van der Waals surface area contributed by atoms with E-state index in [0.29, 0.717) is 25.7 Å². The first kappa shape index (κ1) is 35.6. The highest BCUT2D eigenvalue weighted by Gasteiger charge is 2.32. The van der Waals surface area contributed by atoms with Crippen molar-refractivity contribution in [1.82, 2.24) is 40.6 Å². The predicted molar refractivity (Wildman–Crippen MR) is 210 cm³/mol. The third kappa shape index (κ3) is 7.87. The molecule has 2 saturated heterocycles. The first-order valence-corrected chi connectivity index (χ1v) is 18.2. The molecule has 2 atom stereocenters. The lowest BCUT2D eigenvalue weighted by molar-refractivity contribution is 0.0218. The van der Waals surface area contributed by atoms with Gasteiger partial charge >= 0.3 is 6.09 Å². The molecule has 0 saturated carbocycles. The number of benzene rings is 2. The Morgan fingerprint density at radius 1 is 0.679 bits per heavy atom. The van der Waals surface area contributed by atoms with Crippen molar-refractivity contribution in [2.45, 2.75) is 52.3 Å². The van der Waals surface area contributed by atoms with Gasteiger partial charge in [-0.15, -0.1) is 20.4 Å². The summed E-state index contributed by atoms with van der Waals surface area (Å²) in [6, 6.07) is 24.7. The smallest absolute Gasteiger partial charge is 0.410 e. The van der Waals surface area contributed by atoms with Gasteiger partial charge in [-0.1, -0.05) is 60.7 Å². The molecule has 12 heteroatoms. The largest absolute Gasteiger partial charge is 0.444 e. The van der Waals surface area contributed by atoms with Crippen LogP contribution in [-0.4, -0.2) is 98.3 Å². The zero-order valence-corrected chi connectivity index (χ0v) is 31.0. The minimum atomic E-state index is -0.502. The Balaban J connectivity index is 0.000000170. The molecule has 0 aliphatic carbocycles. The molecule has 2 aliphatic heterocycles. The van der Waals surface area contributed by atoms with E-state index in [4.69, 9.17) is 4.74 Å². The molecule has 2 aliphatic rings. The van der Waals surface area contributed by atoms with Gasteiger partial charge in [0.1, 0.15) is 17.0 Å². The molecule has 6 aromatic rings. The zero-order valence-electron chi connectivity index (χ0n) is 31.0. The van der Waals surface area contributed by atoms with Gasteiger partial charge in [-0.3, -0.25) is 9.97 Å². The SMILES string of the molecule is C[C@@H]1CN(C(=O)OC(C)(C)C)CCN1c1nnc(-c2ccccc2)c2ccncc12.C[C@@H]1CNCCN1c1nnc(-c2ccccc2)c2ccncc12. The second-order valence-corrected chi connectivity index (χ2v) is 14.5. The molecular formula is C41H46N10O2. The van der Waals surface area contributed by atoms with Crippen molar-refractivity contribution in [2.24, 2.45) is 0 Å². The molecule has 2 fully saturated rings. The van der Waals surface area contributed by atoms with Crippen LogP contribution in [0.3, 0.4) is 0 Å². The molecule has 4 aromatic heterocycles. The second-order valence-electron chi connectivity index (χ2n) is 14.5. The number of nitrogens with zero attached hydrogens (tertiary/aromatic N) is 9. The lowest BCUT2D eigenvalue weighted by Gasteiger charge is -2.40. The van der Waals surface area contributed by atoms with Gasteiger partial charge < -0.3 is 24.8 Å². The predicted octanol–water partition coefficient (Wildman–Crippen LogP) is 6.63. The molecule has 0 bridgehead atoms. The maximum Gasteiger partial charge on any atom is 0.410 e. The summed E-state index contributed by atoms with van der Waals surface area (Å²) < 4.78 is 5.53. The Morgan fingerprint density at radius 2 is 1.21 bits per heavy atom. The number of amides is 1. The van der Waals surface area contributed by atoms with Crippen molar-refractivity contribution in [2.75, 3.05) is 49.1 Å². The van der Waals surface area contributed by atoms with E-state index in [2.05, 4.69) is 71.5 Å². The van der Waals surface area contributed by atoms with Crippen LogP contribution in [0.2, 0.25) is 0 Å². The lowest BCUT2D eigenvalue weighted by Crippen LogP contribution is -2.55. The van der Waals surface area contributed by atoms with E-state index in [1.54, 1.807) is 11.1 Å². The first-order chi connectivity index (χ1) is 25.7. The van der Waals surface area contributed by atoms with E-state index in [1.807, 2.05) is 100 Å². The number of hydrogen-bond donors (Lipinski definition) is 1. The number of carbonyl (C=O) groups excluding carboxylic acids is 1. The number of fused-ring (bicyclic) bond motifs is 2. The molecular weight excluding hydrogens is 665 g/mol. The quantitative estimate of drug-likeness (QED) is 0.212. The Hall–Kier alpha value is -5.75. The molecule has 2 aromatic carbocycles. The minimum absolute atomic E-state index is 0.0755. The average molecular weight is 711 g/mol. The van der Waals surface area contributed by atoms with Crippen LogP contribution in [0.25, 0.3) is 44.1 Å². The van der Waals surface area contributed by atoms with Crippen molar-refractivity contribution in [3.63, 3.8) is 0 Å². The molecule has 0 radical (unpaired) electrons. The van der Waals surface area contributed by atoms with Crippen molar-refractivity contribution in [3.05, 3.63) is 97.6 Å². The summed E-state index contributed by atoms with van der Waals surface area (Å²) in [4.78, 5) is 27.4. The second kappa shape index (κ2) is 15.5. The van der Waals surface area contributed by atoms with Crippen LogP contribution in [0.1, 0.15) is 34.6 Å². The molecule has 1 amide bonds. The monoisotopic (exact) mass is 710 g/mol. The summed E-state index contributed by atoms with van der Waals surface area (Å²) in [5, 5.41) is 25.8. The molecule has 0 unspecified atom stereocenters. The molecule has 1 N–H and O–H groups in total. The summed E-state index contributed by atoms with van der Waals surface area (Å²) >= 11 is 0. The van der Waals surface area contributed by atoms with Crippen LogP contribution >= 0.6 is 0 Å². The van der Waals surface area contributed by atoms with E-state index in [0.717, 1.165) is 75.3 Å². The van der Waals surface area contributed by atoms with Crippen molar-refractivity contribution in [3.8, 4) is 22.5 Å². The van der Waals surface area contributed by atoms with Crippen LogP contribution in [0, 0.1) is 0 Å². The number of nitrogens with one attached hydrogen (secondary N) is 1. The van der Waals surface area contributed by atoms with Gasteiger partial charge in [0.15, 0.2) is 11.6 Å². The van der Waals surface area contributed by atoms with Gasteiger partial charge in [0.2, 0.25) is 0 Å². The van der Waals surface area contributed by atoms with E-state index >= 15 is 0 Å². The Labute approximate surface area is 310 Å². The average Bonchev–Trinajstić information content (AvgIpc) is 3.18. The number of rotatable bonds is 4. The van der Waals surface area contributed by atoms with E-state index in [1.165, 1.54) is 0 Å². The number of ether oxygens (including phenoxy) is 1. The standard InChI is InChI=1S/C23H27N5O2.C18H19N5/c1-16-15-27(22(29)30-23(2,3)4)12-13-28(16)21-19-14-24-11-10-18(19)20(25-26-21)17-8-6-5-7-9-17;1-13-11-20-9-10-23(13)18-16-12-19-8-7-15(16)17(21-22-18)14-5-3-2-4-6-14/h5-11,14,16H,12-13,15H2,1-4H3;2-8,12-13,20H,9-11H2,1H3/t16-;13-/m11/s1. The van der Waals surface area contributed by atoms with E-state index in [9.17, 15) is 4.79 Å². The van der Waals surface area contributed by atoms with E-state index < -0.39 is 5.60 Å². The topological polar surface area (TPSA) is 125 Å². The van der Waals surface area contributed by atoms with Gasteiger partial charge in [-0.25, -0.2) is 4.79 Å². The molecule has 0 spiro atoms. The van der Waals surface area contributed by atoms with Crippen LogP contribution in [-0.2, 0) is 4.74 Å². The number of hydrogen-bond acceptors (Lipinski definition) is 11. The van der Waals surface area contributed by atoms with Crippen molar-refractivity contribution < 1.29 is 9.53 Å². The van der Waals surface area contributed by atoms with E-state index in [-0.39, 0.29) is 12.1 Å². The summed E-state index contributed by atoms with van der Waals surface area (Å²) in [5.41, 5.74) is 3.36. The fourth-order valence-electron chi connectivity index (χ4n) is 6.93. The summed E-state index contributed by atoms with van der Waals surface area (Å²) in [7, 11) is 0. The third-order valence-electron chi connectivity index (χ3n) is 9.54. The first-order valence-electron chi connectivity index (χ1n) is 18.2. The molecule has 8 rings (SSSR count). The fraction of sp³-hybridized carbons (Fsp3) is 0.341. The molecule has 53 heavy (non-hydrogen) atoms. The number of anilines is 2. The van der Waals surface area contributed by atoms with Gasteiger partial charge in [-0.05, 0) is 46.8 Å². The Bertz CT molecular complexity index is 2180. The number of piperazine rings is 2. The normalized spacial score (nSPS) is 17.7. The number of aromatic nitrogens is 6. The number of pyridine rings is 2. The third-order valence-corrected chi connectivity index (χ3v) is 9.54. The summed E-state index contributed by atoms with van der Waals surface area (Å²) in [6.45, 7) is 14.6. The van der Waals surface area contributed by atoms with Crippen LogP contribution in [0.5, 0.6) is 0 Å². The Morgan fingerprint density at radius 3 is 1.70 bits per heavy atom. The molecule has 12 nitrogen and oxygen atoms in total. The van der Waals surface area contributed by atoms with Crippen molar-refractivity contribution in [1.29, 1.82) is 0 Å². The highest BCUT2D eigenvalue weighted by molar-refractivity contribution is 6.00. The fourth-order valence-corrected chi connectivity index (χ4v) is 6.93. The minimum Gasteiger partial charge on any atom is -0.444 e. The maximum absolute atomic E-state index is 12.5. The number of carbonyl (C=O) groups is 1. The van der Waals surface area contributed by atoms with Crippen LogP contribution in [0.4, 0.5) is 16.4 Å². The summed E-state index contributed by atoms with van der Waals surface area (Å²) in [6.07, 6.45) is 7.08. The van der Waals surface area contributed by atoms with Gasteiger partial charge in [0, 0.05) is 109 Å². The maximum atomic E-state index is 12.5. The van der Waals surface area contributed by atoms with Crippen LogP contribution in [0.15, 0.2) is 97.6 Å².